The molecule has 1 amide bonds. The van der Waals surface area contributed by atoms with Crippen molar-refractivity contribution in [1.82, 2.24) is 0 Å². The van der Waals surface area contributed by atoms with Crippen LogP contribution in [0.3, 0.4) is 0 Å². The summed E-state index contributed by atoms with van der Waals surface area (Å²) in [5.41, 5.74) is 8.88. The summed E-state index contributed by atoms with van der Waals surface area (Å²) >= 11 is 0. The van der Waals surface area contributed by atoms with E-state index in [1.807, 2.05) is 24.3 Å². The number of nitrogens with zero attached hydrogens (tertiary/aromatic N) is 1. The van der Waals surface area contributed by atoms with Crippen molar-refractivity contribution in [2.75, 3.05) is 23.8 Å². The molecule has 0 bridgehead atoms. The van der Waals surface area contributed by atoms with Gasteiger partial charge in [0, 0.05) is 11.8 Å². The number of nitrogens with two attached hydrogens (primary N) is 1. The van der Waals surface area contributed by atoms with E-state index >= 15 is 0 Å². The molecule has 1 heterocycles. The molecule has 1 aliphatic heterocycles. The Hall–Kier alpha value is -2.83. The molecule has 3 rings (SSSR count). The molecule has 6 heteroatoms. The van der Waals surface area contributed by atoms with Gasteiger partial charge in [0.2, 0.25) is 0 Å². The molecule has 1 aliphatic rings. The number of nitrogen functional groups attached to an aromatic ring is 1. The standard InChI is InChI=1S/C20H22N2O4/c1-2-13-3-5-14(6-4-13)9-19-20(25)22(11-16(24)12-23)17-8-7-15(21)10-18(17)26-19/h3-10,16,23-24H,2,11-12,21H2,1H3/b19-9+. The number of benzene rings is 2. The highest BCUT2D eigenvalue weighted by Crippen LogP contribution is 2.37. The van der Waals surface area contributed by atoms with Crippen LogP contribution in [0.1, 0.15) is 18.1 Å². The van der Waals surface area contributed by atoms with Gasteiger partial charge in [-0.05, 0) is 35.8 Å². The molecule has 4 N–H and O–H groups in total. The molecule has 1 unspecified atom stereocenters. The molecule has 0 aromatic heterocycles. The van der Waals surface area contributed by atoms with Gasteiger partial charge in [0.15, 0.2) is 11.5 Å². The predicted octanol–water partition coefficient (Wildman–Crippen LogP) is 1.95. The minimum atomic E-state index is -1.05. The summed E-state index contributed by atoms with van der Waals surface area (Å²) in [4.78, 5) is 14.3. The first-order valence-electron chi connectivity index (χ1n) is 8.50. The van der Waals surface area contributed by atoms with E-state index in [4.69, 9.17) is 15.6 Å². The van der Waals surface area contributed by atoms with Crippen LogP contribution in [0.2, 0.25) is 0 Å². The summed E-state index contributed by atoms with van der Waals surface area (Å²) < 4.78 is 5.78. The van der Waals surface area contributed by atoms with Crippen molar-refractivity contribution in [2.24, 2.45) is 0 Å². The topological polar surface area (TPSA) is 96.0 Å². The molecular formula is C20H22N2O4. The van der Waals surface area contributed by atoms with Crippen LogP contribution in [0.5, 0.6) is 5.75 Å². The van der Waals surface area contributed by atoms with Crippen LogP contribution in [-0.2, 0) is 11.2 Å². The first-order chi connectivity index (χ1) is 12.5. The highest BCUT2D eigenvalue weighted by molar-refractivity contribution is 6.10. The van der Waals surface area contributed by atoms with Crippen LogP contribution in [-0.4, -0.2) is 35.4 Å². The van der Waals surface area contributed by atoms with E-state index in [2.05, 4.69) is 6.92 Å². The van der Waals surface area contributed by atoms with Crippen LogP contribution in [0, 0.1) is 0 Å². The zero-order valence-corrected chi connectivity index (χ0v) is 14.6. The summed E-state index contributed by atoms with van der Waals surface area (Å²) in [7, 11) is 0. The van der Waals surface area contributed by atoms with Gasteiger partial charge in [0.1, 0.15) is 0 Å². The Morgan fingerprint density at radius 2 is 1.96 bits per heavy atom. The number of amides is 1. The molecule has 2 aromatic rings. The third-order valence-corrected chi connectivity index (χ3v) is 4.24. The highest BCUT2D eigenvalue weighted by atomic mass is 16.5. The number of aliphatic hydroxyl groups excluding tert-OH is 2. The first-order valence-corrected chi connectivity index (χ1v) is 8.50. The molecular weight excluding hydrogens is 332 g/mol. The number of β-amino-alcohol motifs (C(OH)–C–C–N with tert-alkyl or cyclic N) is 1. The van der Waals surface area contributed by atoms with Crippen LogP contribution in [0.15, 0.2) is 48.2 Å². The molecule has 6 nitrogen and oxygen atoms in total. The van der Waals surface area contributed by atoms with Crippen molar-refractivity contribution in [2.45, 2.75) is 19.4 Å². The molecule has 0 radical (unpaired) electrons. The number of anilines is 2. The van der Waals surface area contributed by atoms with Crippen molar-refractivity contribution in [1.29, 1.82) is 0 Å². The molecule has 0 fully saturated rings. The quantitative estimate of drug-likeness (QED) is 0.563. The highest BCUT2D eigenvalue weighted by Gasteiger charge is 2.31. The van der Waals surface area contributed by atoms with Gasteiger partial charge >= 0.3 is 0 Å². The van der Waals surface area contributed by atoms with E-state index in [1.54, 1.807) is 24.3 Å². The van der Waals surface area contributed by atoms with Gasteiger partial charge in [-0.15, -0.1) is 0 Å². The Bertz CT molecular complexity index is 830. The molecule has 2 aromatic carbocycles. The van der Waals surface area contributed by atoms with Crippen molar-refractivity contribution in [3.8, 4) is 5.75 Å². The average Bonchev–Trinajstić information content (AvgIpc) is 2.65. The third kappa shape index (κ3) is 3.71. The van der Waals surface area contributed by atoms with Crippen molar-refractivity contribution < 1.29 is 19.7 Å². The number of carbonyl (C=O) groups excluding carboxylic acids is 1. The maximum absolute atomic E-state index is 12.9. The fraction of sp³-hybridized carbons (Fsp3) is 0.250. The van der Waals surface area contributed by atoms with Crippen molar-refractivity contribution in [3.63, 3.8) is 0 Å². The minimum Gasteiger partial charge on any atom is -0.449 e. The van der Waals surface area contributed by atoms with E-state index in [0.29, 0.717) is 17.1 Å². The Labute approximate surface area is 152 Å². The van der Waals surface area contributed by atoms with Crippen molar-refractivity contribution in [3.05, 3.63) is 59.4 Å². The SMILES string of the molecule is CCc1ccc(/C=C2/Oc3cc(N)ccc3N(CC(O)CO)C2=O)cc1. The van der Waals surface area contributed by atoms with E-state index in [1.165, 1.54) is 10.5 Å². The monoisotopic (exact) mass is 354 g/mol. The molecule has 26 heavy (non-hydrogen) atoms. The summed E-state index contributed by atoms with van der Waals surface area (Å²) in [5.74, 6) is 0.193. The molecule has 0 spiro atoms. The van der Waals surface area contributed by atoms with Gasteiger partial charge in [0.05, 0.1) is 24.9 Å². The van der Waals surface area contributed by atoms with E-state index in [-0.39, 0.29) is 18.2 Å². The van der Waals surface area contributed by atoms with Crippen LogP contribution in [0.4, 0.5) is 11.4 Å². The van der Waals surface area contributed by atoms with E-state index in [0.717, 1.165) is 12.0 Å². The fourth-order valence-electron chi connectivity index (χ4n) is 2.78. The minimum absolute atomic E-state index is 0.0400. The lowest BCUT2D eigenvalue weighted by Gasteiger charge is -2.31. The zero-order valence-electron chi connectivity index (χ0n) is 14.6. The molecule has 0 saturated carbocycles. The Kier molecular flexibility index (Phi) is 5.25. The molecule has 136 valence electrons. The Morgan fingerprint density at radius 3 is 2.62 bits per heavy atom. The predicted molar refractivity (Wildman–Crippen MR) is 101 cm³/mol. The lowest BCUT2D eigenvalue weighted by atomic mass is 10.1. The summed E-state index contributed by atoms with van der Waals surface area (Å²) in [6.45, 7) is 1.60. The zero-order chi connectivity index (χ0) is 18.7. The van der Waals surface area contributed by atoms with Gasteiger partial charge < -0.3 is 20.7 Å². The number of rotatable bonds is 5. The third-order valence-electron chi connectivity index (χ3n) is 4.24. The Balaban J connectivity index is 1.98. The normalized spacial score (nSPS) is 16.3. The maximum atomic E-state index is 12.9. The van der Waals surface area contributed by atoms with Gasteiger partial charge in [-0.2, -0.15) is 0 Å². The Morgan fingerprint density at radius 1 is 1.23 bits per heavy atom. The van der Waals surface area contributed by atoms with Gasteiger partial charge in [0.25, 0.3) is 5.91 Å². The average molecular weight is 354 g/mol. The van der Waals surface area contributed by atoms with Gasteiger partial charge in [-0.25, -0.2) is 0 Å². The van der Waals surface area contributed by atoms with E-state index < -0.39 is 12.7 Å². The number of fused-ring (bicyclic) bond motifs is 1. The molecule has 1 atom stereocenters. The second-order valence-electron chi connectivity index (χ2n) is 6.19. The largest absolute Gasteiger partial charge is 0.449 e. The van der Waals surface area contributed by atoms with Gasteiger partial charge in [-0.1, -0.05) is 31.2 Å². The number of ether oxygens (including phenoxy) is 1. The van der Waals surface area contributed by atoms with Gasteiger partial charge in [-0.3, -0.25) is 9.69 Å². The second-order valence-corrected chi connectivity index (χ2v) is 6.19. The van der Waals surface area contributed by atoms with Crippen LogP contribution in [0.25, 0.3) is 6.08 Å². The molecule has 0 aliphatic carbocycles. The first kappa shape index (κ1) is 18.0. The number of hydrogen-bond donors (Lipinski definition) is 3. The van der Waals surface area contributed by atoms with Crippen LogP contribution >= 0.6 is 0 Å². The van der Waals surface area contributed by atoms with E-state index in [9.17, 15) is 9.90 Å². The number of hydrogen-bond acceptors (Lipinski definition) is 5. The number of carbonyl (C=O) groups is 1. The summed E-state index contributed by atoms with van der Waals surface area (Å²) in [5, 5.41) is 19.0. The summed E-state index contributed by atoms with van der Waals surface area (Å²) in [6.07, 6.45) is 1.55. The maximum Gasteiger partial charge on any atom is 0.294 e. The fourth-order valence-corrected chi connectivity index (χ4v) is 2.78. The lowest BCUT2D eigenvalue weighted by Crippen LogP contribution is -2.43. The lowest BCUT2D eigenvalue weighted by molar-refractivity contribution is -0.118. The summed E-state index contributed by atoms with van der Waals surface area (Å²) in [6, 6.07) is 12.8. The smallest absolute Gasteiger partial charge is 0.294 e. The number of aryl methyl sites for hydroxylation is 1. The number of aliphatic hydroxyl groups is 2. The van der Waals surface area contributed by atoms with Crippen molar-refractivity contribution >= 4 is 23.4 Å². The molecule has 0 saturated heterocycles. The second kappa shape index (κ2) is 7.59. The van der Waals surface area contributed by atoms with Crippen LogP contribution < -0.4 is 15.4 Å².